The number of benzene rings is 2. The van der Waals surface area contributed by atoms with Crippen LogP contribution in [0.25, 0.3) is 5.70 Å². The van der Waals surface area contributed by atoms with Gasteiger partial charge in [0.15, 0.2) is 15.6 Å². The lowest BCUT2D eigenvalue weighted by Gasteiger charge is -2.22. The van der Waals surface area contributed by atoms with Gasteiger partial charge in [0.1, 0.15) is 5.56 Å². The van der Waals surface area contributed by atoms with Crippen LogP contribution in [0, 0.1) is 6.92 Å². The fourth-order valence-corrected chi connectivity index (χ4v) is 5.74. The van der Waals surface area contributed by atoms with Gasteiger partial charge in [0, 0.05) is 23.2 Å². The van der Waals surface area contributed by atoms with Gasteiger partial charge >= 0.3 is 0 Å². The number of fused-ring (bicyclic) bond motifs is 1. The largest absolute Gasteiger partial charge is 0.294 e. The molecule has 0 radical (unpaired) electrons. The number of nitrogens with zero attached hydrogens (tertiary/aromatic N) is 1. The summed E-state index contributed by atoms with van der Waals surface area (Å²) < 4.78 is 26.8. The first-order chi connectivity index (χ1) is 16.7. The van der Waals surface area contributed by atoms with Crippen molar-refractivity contribution >= 4 is 27.1 Å². The number of nitrogens with one attached hydrogen (secondary N) is 2. The van der Waals surface area contributed by atoms with Gasteiger partial charge in [0.2, 0.25) is 5.78 Å². The van der Waals surface area contributed by atoms with Crippen LogP contribution in [-0.4, -0.2) is 42.6 Å². The molecule has 0 saturated carbocycles. The van der Waals surface area contributed by atoms with Gasteiger partial charge in [0.05, 0.1) is 35.6 Å². The summed E-state index contributed by atoms with van der Waals surface area (Å²) >= 11 is 0. The Morgan fingerprint density at radius 2 is 1.86 bits per heavy atom. The molecule has 1 aliphatic rings. The van der Waals surface area contributed by atoms with Gasteiger partial charge in [-0.2, -0.15) is 0 Å². The van der Waals surface area contributed by atoms with Gasteiger partial charge in [-0.1, -0.05) is 30.3 Å². The summed E-state index contributed by atoms with van der Waals surface area (Å²) in [6, 6.07) is 11.4. The molecular weight excluding hydrogens is 470 g/mol. The number of sulfone groups is 1. The van der Waals surface area contributed by atoms with Crippen LogP contribution in [0.4, 0.5) is 0 Å². The number of hydrogen-bond donors (Lipinski definition) is 2. The lowest BCUT2D eigenvalue weighted by atomic mass is 9.93. The van der Waals surface area contributed by atoms with Crippen molar-refractivity contribution in [3.8, 4) is 0 Å². The maximum atomic E-state index is 13.7. The maximum Gasteiger partial charge on any atom is 0.275 e. The molecule has 0 unspecified atom stereocenters. The number of hydroxylamine groups is 1. The Hall–Kier alpha value is -3.76. The molecule has 0 atom stereocenters. The summed E-state index contributed by atoms with van der Waals surface area (Å²) in [6.07, 6.45) is 1.33. The first kappa shape index (κ1) is 24.4. The monoisotopic (exact) mass is 495 g/mol. The SMILES string of the molecule is CCn1[nH]c(=O)c(C(=O)c2ccc3c(c2C)C(NOC)=CCS3(=O)=O)c1CC(=O)c1ccccc1. The smallest absolute Gasteiger partial charge is 0.275 e. The van der Waals surface area contributed by atoms with Crippen molar-refractivity contribution in [2.45, 2.75) is 31.7 Å². The van der Waals surface area contributed by atoms with Crippen molar-refractivity contribution < 1.29 is 22.8 Å². The molecule has 4 rings (SSSR count). The van der Waals surface area contributed by atoms with Crippen LogP contribution in [0.2, 0.25) is 0 Å². The highest BCUT2D eigenvalue weighted by molar-refractivity contribution is 7.91. The number of carbonyl (C=O) groups is 2. The Kier molecular flexibility index (Phi) is 6.60. The van der Waals surface area contributed by atoms with Crippen LogP contribution < -0.4 is 11.0 Å². The van der Waals surface area contributed by atoms with E-state index in [2.05, 4.69) is 10.6 Å². The van der Waals surface area contributed by atoms with E-state index in [-0.39, 0.29) is 39.7 Å². The van der Waals surface area contributed by atoms with Crippen molar-refractivity contribution in [2.75, 3.05) is 12.9 Å². The number of carbonyl (C=O) groups excluding carboxylic acids is 2. The lowest BCUT2D eigenvalue weighted by Crippen LogP contribution is -2.23. The number of H-pyrrole nitrogens is 1. The Balaban J connectivity index is 1.83. The van der Waals surface area contributed by atoms with Crippen LogP contribution in [-0.2, 0) is 27.6 Å². The average Bonchev–Trinajstić information content (AvgIpc) is 3.16. The fraction of sp³-hybridized carbons (Fsp3) is 0.240. The molecule has 0 bridgehead atoms. The van der Waals surface area contributed by atoms with E-state index >= 15 is 0 Å². The van der Waals surface area contributed by atoms with Crippen molar-refractivity contribution in [3.05, 3.63) is 92.4 Å². The molecule has 2 N–H and O–H groups in total. The topological polar surface area (TPSA) is 127 Å². The highest BCUT2D eigenvalue weighted by Gasteiger charge is 2.31. The molecule has 1 aromatic heterocycles. The average molecular weight is 496 g/mol. The lowest BCUT2D eigenvalue weighted by molar-refractivity contribution is 0.0990. The van der Waals surface area contributed by atoms with E-state index in [0.29, 0.717) is 28.9 Å². The van der Waals surface area contributed by atoms with Gasteiger partial charge in [0.25, 0.3) is 5.56 Å². The van der Waals surface area contributed by atoms with Gasteiger partial charge in [-0.05, 0) is 37.6 Å². The third kappa shape index (κ3) is 4.38. The number of Topliss-reactive ketones (excluding diaryl/α,β-unsaturated/α-hetero) is 1. The van der Waals surface area contributed by atoms with E-state index in [1.54, 1.807) is 44.2 Å². The Labute approximate surface area is 202 Å². The highest BCUT2D eigenvalue weighted by Crippen LogP contribution is 2.33. The minimum Gasteiger partial charge on any atom is -0.294 e. The molecule has 3 aromatic rings. The zero-order valence-corrected chi connectivity index (χ0v) is 20.4. The van der Waals surface area contributed by atoms with Crippen LogP contribution in [0.15, 0.2) is 58.2 Å². The second-order valence-electron chi connectivity index (χ2n) is 8.12. The zero-order chi connectivity index (χ0) is 25.3. The number of hydrogen-bond acceptors (Lipinski definition) is 7. The molecule has 1 aliphatic heterocycles. The quantitative estimate of drug-likeness (QED) is 0.363. The van der Waals surface area contributed by atoms with Crippen molar-refractivity contribution in [3.63, 3.8) is 0 Å². The fourth-order valence-electron chi connectivity index (χ4n) is 4.33. The molecule has 0 aliphatic carbocycles. The molecule has 0 saturated heterocycles. The summed E-state index contributed by atoms with van der Waals surface area (Å²) in [4.78, 5) is 44.6. The van der Waals surface area contributed by atoms with Gasteiger partial charge in [-0.25, -0.2) is 8.42 Å². The van der Waals surface area contributed by atoms with E-state index in [1.807, 2.05) is 0 Å². The van der Waals surface area contributed by atoms with E-state index in [1.165, 1.54) is 30.0 Å². The van der Waals surface area contributed by atoms with Gasteiger partial charge in [-0.15, -0.1) is 0 Å². The van der Waals surface area contributed by atoms with Crippen molar-refractivity contribution in [1.82, 2.24) is 15.3 Å². The number of aromatic amines is 1. The zero-order valence-electron chi connectivity index (χ0n) is 19.5. The predicted molar refractivity (Wildman–Crippen MR) is 130 cm³/mol. The summed E-state index contributed by atoms with van der Waals surface area (Å²) in [5.41, 5.74) is 3.97. The van der Waals surface area contributed by atoms with Gasteiger partial charge in [-0.3, -0.25) is 34.5 Å². The number of rotatable bonds is 8. The molecular formula is C25H25N3O6S. The maximum absolute atomic E-state index is 13.7. The normalized spacial score (nSPS) is 14.2. The summed E-state index contributed by atoms with van der Waals surface area (Å²) in [5, 5.41) is 2.64. The standard InChI is InChI=1S/C25H25N3O6S/c1-4-28-19(14-20(29)16-8-6-5-7-9-16)23(25(31)26-28)24(30)17-10-11-21-22(15(17)2)18(27-34-3)12-13-35(21,32)33/h5-12,27H,4,13-14H2,1-3H3,(H,26,31). The molecule has 2 aromatic carbocycles. The van der Waals surface area contributed by atoms with E-state index in [4.69, 9.17) is 4.84 Å². The third-order valence-corrected chi connectivity index (χ3v) is 7.66. The van der Waals surface area contributed by atoms with Crippen molar-refractivity contribution in [2.24, 2.45) is 0 Å². The second kappa shape index (κ2) is 9.47. The first-order valence-corrected chi connectivity index (χ1v) is 12.6. The van der Waals surface area contributed by atoms with Crippen LogP contribution in [0.3, 0.4) is 0 Å². The highest BCUT2D eigenvalue weighted by atomic mass is 32.2. The number of ketones is 2. The van der Waals surface area contributed by atoms with Crippen LogP contribution in [0.1, 0.15) is 50.0 Å². The van der Waals surface area contributed by atoms with Gasteiger partial charge < -0.3 is 0 Å². The second-order valence-corrected chi connectivity index (χ2v) is 10.1. The summed E-state index contributed by atoms with van der Waals surface area (Å²) in [6.45, 7) is 3.77. The van der Waals surface area contributed by atoms with E-state index in [0.717, 1.165) is 0 Å². The molecule has 0 spiro atoms. The van der Waals surface area contributed by atoms with E-state index in [9.17, 15) is 22.8 Å². The Bertz CT molecular complexity index is 1510. The third-order valence-electron chi connectivity index (χ3n) is 6.04. The van der Waals surface area contributed by atoms with Crippen LogP contribution in [0.5, 0.6) is 0 Å². The first-order valence-electron chi connectivity index (χ1n) is 11.0. The van der Waals surface area contributed by atoms with Crippen molar-refractivity contribution in [1.29, 1.82) is 0 Å². The predicted octanol–water partition coefficient (Wildman–Crippen LogP) is 2.44. The van der Waals surface area contributed by atoms with E-state index < -0.39 is 21.2 Å². The summed E-state index contributed by atoms with van der Waals surface area (Å²) in [5.74, 6) is -1.03. The van der Waals surface area contributed by atoms with Crippen LogP contribution >= 0.6 is 0 Å². The summed E-state index contributed by atoms with van der Waals surface area (Å²) in [7, 11) is -2.19. The molecule has 0 amide bonds. The molecule has 0 fully saturated rings. The number of aromatic nitrogens is 2. The molecule has 9 nitrogen and oxygen atoms in total. The molecule has 182 valence electrons. The Morgan fingerprint density at radius 1 is 1.14 bits per heavy atom. The molecule has 10 heteroatoms. The minimum atomic E-state index is -3.59. The number of aryl methyl sites for hydroxylation is 1. The minimum absolute atomic E-state index is 0.0770. The molecule has 2 heterocycles. The molecule has 35 heavy (non-hydrogen) atoms. The Morgan fingerprint density at radius 3 is 2.51 bits per heavy atom.